The maximum Gasteiger partial charge on any atom is 0.337 e. The molecule has 1 amide bonds. The third kappa shape index (κ3) is 4.44. The Morgan fingerprint density at radius 2 is 2.00 bits per heavy atom. The van der Waals surface area contributed by atoms with Crippen LogP contribution in [0.3, 0.4) is 0 Å². The number of anilines is 1. The summed E-state index contributed by atoms with van der Waals surface area (Å²) in [5, 5.41) is 27.5. The van der Waals surface area contributed by atoms with Gasteiger partial charge in [0.15, 0.2) is 5.95 Å². The summed E-state index contributed by atoms with van der Waals surface area (Å²) in [6, 6.07) is 11.4. The number of aryl methyl sites for hydroxylation is 1. The normalized spacial score (nSPS) is 10.6. The van der Waals surface area contributed by atoms with Gasteiger partial charge in [0.2, 0.25) is 11.6 Å². The van der Waals surface area contributed by atoms with Crippen LogP contribution in [0, 0.1) is 6.92 Å². The maximum atomic E-state index is 12.2. The Kier molecular flexibility index (Phi) is 5.86. The second-order valence-corrected chi connectivity index (χ2v) is 7.12. The molecule has 3 rings (SSSR count). The summed E-state index contributed by atoms with van der Waals surface area (Å²) in [5.74, 6) is -2.39. The van der Waals surface area contributed by atoms with Gasteiger partial charge in [-0.3, -0.25) is 4.79 Å². The monoisotopic (exact) mass is 419 g/mol. The van der Waals surface area contributed by atoms with Crippen molar-refractivity contribution in [3.63, 3.8) is 0 Å². The molecule has 144 valence electrons. The fraction of sp³-hybridized carbons (Fsp3) is 0.111. The van der Waals surface area contributed by atoms with Crippen LogP contribution in [0.2, 0.25) is 5.02 Å². The maximum absolute atomic E-state index is 12.2. The number of carboxylic acids is 1. The number of halogens is 1. The molecule has 0 spiro atoms. The van der Waals surface area contributed by atoms with Gasteiger partial charge in [0, 0.05) is 17.8 Å². The number of aromatic carboxylic acids is 1. The molecule has 0 bridgehead atoms. The van der Waals surface area contributed by atoms with E-state index in [9.17, 15) is 14.7 Å². The Morgan fingerprint density at radius 3 is 2.68 bits per heavy atom. The van der Waals surface area contributed by atoms with Gasteiger partial charge in [-0.1, -0.05) is 29.3 Å². The minimum atomic E-state index is -1.20. The minimum Gasteiger partial charge on any atom is -0.538 e. The molecule has 2 aromatic carbocycles. The molecule has 0 aliphatic carbocycles. The molecule has 0 saturated carbocycles. The van der Waals surface area contributed by atoms with Gasteiger partial charge in [0.05, 0.1) is 21.6 Å². The van der Waals surface area contributed by atoms with Crippen LogP contribution in [-0.4, -0.2) is 28.0 Å². The first-order chi connectivity index (χ1) is 13.3. The van der Waals surface area contributed by atoms with Gasteiger partial charge in [-0.25, -0.2) is 4.79 Å². The van der Waals surface area contributed by atoms with E-state index in [2.05, 4.69) is 10.6 Å². The lowest BCUT2D eigenvalue weighted by atomic mass is 10.2. The van der Waals surface area contributed by atoms with E-state index in [1.807, 2.05) is 19.1 Å². The van der Waals surface area contributed by atoms with Crippen LogP contribution in [0.1, 0.15) is 15.9 Å². The third-order valence-electron chi connectivity index (χ3n) is 3.67. The summed E-state index contributed by atoms with van der Waals surface area (Å²) in [6.07, 6.45) is 0. The highest BCUT2D eigenvalue weighted by molar-refractivity contribution is 7.99. The average Bonchev–Trinajstić information content (AvgIpc) is 3.02. The van der Waals surface area contributed by atoms with Gasteiger partial charge in [-0.05, 0) is 41.6 Å². The molecule has 0 aliphatic heterocycles. The highest BCUT2D eigenvalue weighted by atomic mass is 35.5. The Labute approximate surface area is 168 Å². The number of hydrogen-bond acceptors (Lipinski definition) is 6. The first-order valence-corrected chi connectivity index (χ1v) is 9.33. The number of hydrogen-bond donors (Lipinski definition) is 2. The van der Waals surface area contributed by atoms with Crippen molar-refractivity contribution in [2.45, 2.75) is 11.9 Å². The van der Waals surface area contributed by atoms with Crippen molar-refractivity contribution in [1.82, 2.24) is 5.27 Å². The highest BCUT2D eigenvalue weighted by Gasteiger charge is 2.22. The van der Waals surface area contributed by atoms with Gasteiger partial charge in [0.25, 0.3) is 5.03 Å². The fourth-order valence-electron chi connectivity index (χ4n) is 2.31. The van der Waals surface area contributed by atoms with Gasteiger partial charge < -0.3 is 20.1 Å². The zero-order chi connectivity index (χ0) is 20.3. The van der Waals surface area contributed by atoms with Crippen LogP contribution in [-0.2, 0) is 4.79 Å². The summed E-state index contributed by atoms with van der Waals surface area (Å²) in [5.41, 5.74) is 1.84. The van der Waals surface area contributed by atoms with Crippen LogP contribution >= 0.6 is 23.4 Å². The number of nitrogens with one attached hydrogen (secondary N) is 1. The van der Waals surface area contributed by atoms with Crippen molar-refractivity contribution in [2.24, 2.45) is 0 Å². The highest BCUT2D eigenvalue weighted by Crippen LogP contribution is 2.24. The van der Waals surface area contributed by atoms with E-state index in [1.165, 1.54) is 22.9 Å². The number of carbonyl (C=O) groups is 2. The molecule has 2 N–H and O–H groups in total. The molecule has 0 fully saturated rings. The third-order valence-corrected chi connectivity index (χ3v) is 5.02. The van der Waals surface area contributed by atoms with Crippen LogP contribution in [0.15, 0.2) is 52.0 Å². The summed E-state index contributed by atoms with van der Waals surface area (Å²) >= 11 is 6.77. The molecule has 10 heteroatoms. The molecule has 8 nitrogen and oxygen atoms in total. The van der Waals surface area contributed by atoms with Crippen LogP contribution in [0.5, 0.6) is 5.95 Å². The summed E-state index contributed by atoms with van der Waals surface area (Å²) in [4.78, 5) is 23.3. The van der Waals surface area contributed by atoms with Crippen molar-refractivity contribution in [1.29, 1.82) is 0 Å². The molecule has 0 unspecified atom stereocenters. The lowest BCUT2D eigenvalue weighted by Crippen LogP contribution is -2.35. The summed E-state index contributed by atoms with van der Waals surface area (Å²) in [6.45, 7) is 1.93. The Hall–Kier alpha value is -3.04. The number of rotatable bonds is 6. The summed E-state index contributed by atoms with van der Waals surface area (Å²) in [7, 11) is 0. The van der Waals surface area contributed by atoms with Crippen molar-refractivity contribution >= 4 is 40.9 Å². The fourth-order valence-corrected chi connectivity index (χ4v) is 3.26. The van der Waals surface area contributed by atoms with E-state index in [-0.39, 0.29) is 27.1 Å². The Morgan fingerprint density at radius 1 is 1.29 bits per heavy atom. The average molecular weight is 420 g/mol. The number of aromatic nitrogens is 2. The number of amides is 1. The lowest BCUT2D eigenvalue weighted by Gasteiger charge is -2.06. The second kappa shape index (κ2) is 8.32. The van der Waals surface area contributed by atoms with Crippen LogP contribution < -0.4 is 15.1 Å². The molecule has 28 heavy (non-hydrogen) atoms. The van der Waals surface area contributed by atoms with E-state index >= 15 is 0 Å². The van der Waals surface area contributed by atoms with Crippen molar-refractivity contribution in [3.8, 4) is 11.6 Å². The van der Waals surface area contributed by atoms with Gasteiger partial charge in [-0.2, -0.15) is 0 Å². The summed E-state index contributed by atoms with van der Waals surface area (Å²) < 4.78 is 6.04. The SMILES string of the molecule is Cc1ccc(-[n+]2noc([O-])c2SCC(=O)Nc2ccc(Cl)c(C(=O)O)c2)cc1. The number of nitrogens with zero attached hydrogens (tertiary/aromatic N) is 2. The molecule has 3 aromatic rings. The molecule has 0 aliphatic rings. The lowest BCUT2D eigenvalue weighted by molar-refractivity contribution is -0.705. The van der Waals surface area contributed by atoms with Gasteiger partial charge >= 0.3 is 5.97 Å². The molecule has 0 saturated heterocycles. The molecular formula is C18H14ClN3O5S. The molecule has 0 atom stereocenters. The van der Waals surface area contributed by atoms with E-state index in [0.717, 1.165) is 17.3 Å². The number of benzene rings is 2. The predicted molar refractivity (Wildman–Crippen MR) is 100.0 cm³/mol. The predicted octanol–water partition coefficient (Wildman–Crippen LogP) is 2.42. The molecule has 0 radical (unpaired) electrons. The molecule has 1 aromatic heterocycles. The zero-order valence-electron chi connectivity index (χ0n) is 14.5. The quantitative estimate of drug-likeness (QED) is 0.465. The van der Waals surface area contributed by atoms with Crippen molar-refractivity contribution < 1.29 is 29.0 Å². The van der Waals surface area contributed by atoms with Crippen molar-refractivity contribution in [2.75, 3.05) is 11.1 Å². The van der Waals surface area contributed by atoms with Gasteiger partial charge in [0.1, 0.15) is 0 Å². The first kappa shape index (κ1) is 19.7. The van der Waals surface area contributed by atoms with Gasteiger partial charge in [-0.15, -0.1) is 0 Å². The van der Waals surface area contributed by atoms with Crippen molar-refractivity contribution in [3.05, 3.63) is 58.6 Å². The standard InChI is InChI=1S/C18H14ClN3O5S/c1-10-2-5-12(6-3-10)22-16(18(26)27-21-22)28-9-15(23)20-11-4-7-14(19)13(8-11)17(24)25/h2-8H,9H2,1H3,(H2-,20,21,23,24,25,26). The number of carbonyl (C=O) groups excluding carboxylic acids is 1. The Balaban J connectivity index is 1.70. The zero-order valence-corrected chi connectivity index (χ0v) is 16.1. The number of carboxylic acid groups (broad SMARTS) is 1. The topological polar surface area (TPSA) is 119 Å². The van der Waals surface area contributed by atoms with Crippen LogP contribution in [0.25, 0.3) is 5.69 Å². The molecular weight excluding hydrogens is 406 g/mol. The Bertz CT molecular complexity index is 1040. The first-order valence-electron chi connectivity index (χ1n) is 7.96. The van der Waals surface area contributed by atoms with E-state index in [1.54, 1.807) is 12.1 Å². The second-order valence-electron chi connectivity index (χ2n) is 5.75. The van der Waals surface area contributed by atoms with E-state index < -0.39 is 17.8 Å². The van der Waals surface area contributed by atoms with E-state index in [0.29, 0.717) is 5.69 Å². The number of thioether (sulfide) groups is 1. The largest absolute Gasteiger partial charge is 0.538 e. The van der Waals surface area contributed by atoms with Crippen LogP contribution in [0.4, 0.5) is 5.69 Å². The van der Waals surface area contributed by atoms with E-state index in [4.69, 9.17) is 21.2 Å². The smallest absolute Gasteiger partial charge is 0.337 e. The molecule has 1 heterocycles. The minimum absolute atomic E-state index is 0.0690.